The molecule has 0 saturated heterocycles. The van der Waals surface area contributed by atoms with Crippen LogP contribution in [0.15, 0.2) is 97.2 Å². The van der Waals surface area contributed by atoms with Gasteiger partial charge in [-0.3, -0.25) is 9.59 Å². The first-order chi connectivity index (χ1) is 17.6. The number of hydrogen-bond donors (Lipinski definition) is 3. The number of benzene rings is 3. The van der Waals surface area contributed by atoms with Crippen LogP contribution in [0.25, 0.3) is 0 Å². The Bertz CT molecular complexity index is 1230. The van der Waals surface area contributed by atoms with Gasteiger partial charge in [-0.25, -0.2) is 4.98 Å². The standard InChI is InChI=1S/C28H25N3O5/c32-17-27(33)30-23-11-12-26(29-16-23)31-28(34)22-13-24(35-18-20-7-3-1-4-8-20)15-25(14-22)36-19-21-9-5-2-6-10-21/h1-16,32H,17-19H2,(H,30,33)(H,29,31,34). The second-order valence-corrected chi connectivity index (χ2v) is 7.83. The SMILES string of the molecule is O=C(CO)Nc1ccc(NC(=O)c2cc(OCc3ccccc3)cc(OCc3ccccc3)c2)nc1. The minimum absolute atomic E-state index is 0.296. The van der Waals surface area contributed by atoms with Crippen molar-refractivity contribution in [1.29, 1.82) is 0 Å². The number of anilines is 2. The van der Waals surface area contributed by atoms with Crippen molar-refractivity contribution < 1.29 is 24.2 Å². The summed E-state index contributed by atoms with van der Waals surface area (Å²) >= 11 is 0. The summed E-state index contributed by atoms with van der Waals surface area (Å²) in [5.74, 6) is 0.326. The number of carbonyl (C=O) groups is 2. The van der Waals surface area contributed by atoms with E-state index in [4.69, 9.17) is 14.6 Å². The van der Waals surface area contributed by atoms with Crippen LogP contribution in [-0.4, -0.2) is 28.5 Å². The number of aliphatic hydroxyl groups excluding tert-OH is 1. The maximum atomic E-state index is 13.0. The molecule has 0 spiro atoms. The molecule has 0 aliphatic rings. The van der Waals surface area contributed by atoms with Gasteiger partial charge in [-0.2, -0.15) is 0 Å². The maximum Gasteiger partial charge on any atom is 0.257 e. The molecule has 8 nitrogen and oxygen atoms in total. The highest BCUT2D eigenvalue weighted by Crippen LogP contribution is 2.25. The van der Waals surface area contributed by atoms with Gasteiger partial charge < -0.3 is 25.2 Å². The van der Waals surface area contributed by atoms with Crippen molar-refractivity contribution in [3.05, 3.63) is 114 Å². The fraction of sp³-hybridized carbons (Fsp3) is 0.107. The van der Waals surface area contributed by atoms with Gasteiger partial charge in [-0.15, -0.1) is 0 Å². The summed E-state index contributed by atoms with van der Waals surface area (Å²) in [6.07, 6.45) is 1.39. The number of ether oxygens (including phenoxy) is 2. The summed E-state index contributed by atoms with van der Waals surface area (Å²) < 4.78 is 11.9. The molecule has 0 bridgehead atoms. The molecule has 0 aliphatic heterocycles. The number of rotatable bonds is 10. The first-order valence-corrected chi connectivity index (χ1v) is 11.3. The predicted molar refractivity (Wildman–Crippen MR) is 136 cm³/mol. The lowest BCUT2D eigenvalue weighted by Gasteiger charge is -2.13. The van der Waals surface area contributed by atoms with Gasteiger partial charge in [0.1, 0.15) is 37.1 Å². The predicted octanol–water partition coefficient (Wildman–Crippen LogP) is 4.42. The zero-order valence-corrected chi connectivity index (χ0v) is 19.4. The number of aliphatic hydroxyl groups is 1. The Kier molecular flexibility index (Phi) is 8.24. The lowest BCUT2D eigenvalue weighted by Crippen LogP contribution is -2.16. The van der Waals surface area contributed by atoms with Crippen LogP contribution in [0.1, 0.15) is 21.5 Å². The third-order valence-corrected chi connectivity index (χ3v) is 5.07. The molecule has 0 fully saturated rings. The van der Waals surface area contributed by atoms with Crippen LogP contribution < -0.4 is 20.1 Å². The molecule has 36 heavy (non-hydrogen) atoms. The number of nitrogens with zero attached hydrogens (tertiary/aromatic N) is 1. The Labute approximate surface area is 208 Å². The van der Waals surface area contributed by atoms with Gasteiger partial charge in [-0.1, -0.05) is 60.7 Å². The first kappa shape index (κ1) is 24.4. The van der Waals surface area contributed by atoms with E-state index in [2.05, 4.69) is 15.6 Å². The maximum absolute atomic E-state index is 13.0. The topological polar surface area (TPSA) is 110 Å². The molecule has 1 heterocycles. The van der Waals surface area contributed by atoms with Crippen LogP contribution >= 0.6 is 0 Å². The van der Waals surface area contributed by atoms with Crippen molar-refractivity contribution >= 4 is 23.3 Å². The summed E-state index contributed by atoms with van der Waals surface area (Å²) in [5, 5.41) is 14.0. The van der Waals surface area contributed by atoms with Crippen molar-refractivity contribution in [3.63, 3.8) is 0 Å². The number of pyridine rings is 1. The van der Waals surface area contributed by atoms with Crippen molar-refractivity contribution in [3.8, 4) is 11.5 Å². The average molecular weight is 484 g/mol. The third kappa shape index (κ3) is 7.15. The molecule has 4 rings (SSSR count). The molecule has 0 saturated carbocycles. The molecule has 182 valence electrons. The van der Waals surface area contributed by atoms with Crippen molar-refractivity contribution in [2.24, 2.45) is 0 Å². The number of aromatic nitrogens is 1. The normalized spacial score (nSPS) is 10.4. The summed E-state index contributed by atoms with van der Waals surface area (Å²) in [4.78, 5) is 28.4. The Hall–Kier alpha value is -4.69. The minimum Gasteiger partial charge on any atom is -0.489 e. The summed E-state index contributed by atoms with van der Waals surface area (Å²) in [5.41, 5.74) is 2.73. The van der Waals surface area contributed by atoms with Gasteiger partial charge in [-0.05, 0) is 35.4 Å². The van der Waals surface area contributed by atoms with E-state index in [0.717, 1.165) is 11.1 Å². The second kappa shape index (κ2) is 12.1. The zero-order chi connectivity index (χ0) is 25.2. The molecule has 8 heteroatoms. The van der Waals surface area contributed by atoms with E-state index >= 15 is 0 Å². The van der Waals surface area contributed by atoms with E-state index in [-0.39, 0.29) is 0 Å². The van der Waals surface area contributed by atoms with Crippen LogP contribution in [0.3, 0.4) is 0 Å². The first-order valence-electron chi connectivity index (χ1n) is 11.3. The smallest absolute Gasteiger partial charge is 0.257 e. The highest BCUT2D eigenvalue weighted by molar-refractivity contribution is 6.04. The van der Waals surface area contributed by atoms with Crippen molar-refractivity contribution in [1.82, 2.24) is 4.98 Å². The zero-order valence-electron chi connectivity index (χ0n) is 19.4. The van der Waals surface area contributed by atoms with E-state index in [1.165, 1.54) is 6.20 Å². The Morgan fingerprint density at radius 3 is 1.83 bits per heavy atom. The van der Waals surface area contributed by atoms with E-state index < -0.39 is 18.4 Å². The Morgan fingerprint density at radius 2 is 1.33 bits per heavy atom. The summed E-state index contributed by atoms with van der Waals surface area (Å²) in [6, 6.07) is 27.6. The molecule has 0 radical (unpaired) electrons. The van der Waals surface area contributed by atoms with Crippen molar-refractivity contribution in [2.45, 2.75) is 13.2 Å². The molecule has 3 aromatic carbocycles. The molecule has 1 aromatic heterocycles. The molecule has 0 aliphatic carbocycles. The highest BCUT2D eigenvalue weighted by Gasteiger charge is 2.12. The number of amides is 2. The van der Waals surface area contributed by atoms with Crippen LogP contribution in [0.2, 0.25) is 0 Å². The molecule has 2 amide bonds. The van der Waals surface area contributed by atoms with Crippen molar-refractivity contribution in [2.75, 3.05) is 17.2 Å². The van der Waals surface area contributed by atoms with Crippen LogP contribution in [0.5, 0.6) is 11.5 Å². The quantitative estimate of drug-likeness (QED) is 0.308. The van der Waals surface area contributed by atoms with E-state index in [1.807, 2.05) is 60.7 Å². The highest BCUT2D eigenvalue weighted by atomic mass is 16.5. The number of nitrogens with one attached hydrogen (secondary N) is 2. The largest absolute Gasteiger partial charge is 0.489 e. The molecule has 3 N–H and O–H groups in total. The van der Waals surface area contributed by atoms with Crippen LogP contribution in [0, 0.1) is 0 Å². The van der Waals surface area contributed by atoms with Gasteiger partial charge in [0.25, 0.3) is 5.91 Å². The fourth-order valence-corrected chi connectivity index (χ4v) is 3.28. The van der Waals surface area contributed by atoms with E-state index in [9.17, 15) is 9.59 Å². The van der Waals surface area contributed by atoms with E-state index in [1.54, 1.807) is 30.3 Å². The van der Waals surface area contributed by atoms with Gasteiger partial charge in [0.15, 0.2) is 0 Å². The van der Waals surface area contributed by atoms with Crippen LogP contribution in [0.4, 0.5) is 11.5 Å². The van der Waals surface area contributed by atoms with Gasteiger partial charge in [0.2, 0.25) is 5.91 Å². The van der Waals surface area contributed by atoms with Gasteiger partial charge in [0.05, 0.1) is 11.9 Å². The monoisotopic (exact) mass is 483 g/mol. The van der Waals surface area contributed by atoms with E-state index in [0.29, 0.717) is 41.8 Å². The Balaban J connectivity index is 1.49. The summed E-state index contributed by atoms with van der Waals surface area (Å²) in [7, 11) is 0. The fourth-order valence-electron chi connectivity index (χ4n) is 3.28. The summed E-state index contributed by atoms with van der Waals surface area (Å²) in [6.45, 7) is 0.0507. The molecule has 4 aromatic rings. The lowest BCUT2D eigenvalue weighted by atomic mass is 10.1. The van der Waals surface area contributed by atoms with Gasteiger partial charge >= 0.3 is 0 Å². The average Bonchev–Trinajstić information content (AvgIpc) is 2.93. The molecule has 0 atom stereocenters. The number of hydrogen-bond acceptors (Lipinski definition) is 6. The molecule has 0 unspecified atom stereocenters. The van der Waals surface area contributed by atoms with Crippen LogP contribution in [-0.2, 0) is 18.0 Å². The molecular weight excluding hydrogens is 458 g/mol. The lowest BCUT2D eigenvalue weighted by molar-refractivity contribution is -0.118. The molecular formula is C28H25N3O5. The second-order valence-electron chi connectivity index (χ2n) is 7.83. The number of carbonyl (C=O) groups excluding carboxylic acids is 2. The minimum atomic E-state index is -0.629. The Morgan fingerprint density at radius 1 is 0.750 bits per heavy atom. The van der Waals surface area contributed by atoms with Gasteiger partial charge in [0, 0.05) is 11.6 Å². The third-order valence-electron chi connectivity index (χ3n) is 5.07.